The summed E-state index contributed by atoms with van der Waals surface area (Å²) in [7, 11) is 0. The molecule has 2 aliphatic rings. The van der Waals surface area contributed by atoms with Crippen molar-refractivity contribution >= 4 is 5.69 Å². The van der Waals surface area contributed by atoms with Crippen LogP contribution >= 0.6 is 0 Å². The number of nitrogens with one attached hydrogen (secondary N) is 1. The van der Waals surface area contributed by atoms with E-state index in [4.69, 9.17) is 0 Å². The predicted octanol–water partition coefficient (Wildman–Crippen LogP) is 1.80. The van der Waals surface area contributed by atoms with Crippen LogP contribution in [0.1, 0.15) is 25.7 Å². The summed E-state index contributed by atoms with van der Waals surface area (Å²) in [5.74, 6) is 0. The normalized spacial score (nSPS) is 22.0. The van der Waals surface area contributed by atoms with Gasteiger partial charge in [-0.2, -0.15) is 0 Å². The van der Waals surface area contributed by atoms with Gasteiger partial charge in [-0.05, 0) is 50.9 Å². The second-order valence-electron chi connectivity index (χ2n) is 4.83. The first-order chi connectivity index (χ1) is 7.95. The molecule has 1 saturated heterocycles. The van der Waals surface area contributed by atoms with Crippen molar-refractivity contribution in [2.24, 2.45) is 0 Å². The molecule has 0 radical (unpaired) electrons. The van der Waals surface area contributed by atoms with E-state index in [1.807, 2.05) is 12.4 Å². The van der Waals surface area contributed by atoms with Gasteiger partial charge in [-0.3, -0.25) is 4.98 Å². The lowest BCUT2D eigenvalue weighted by Crippen LogP contribution is -2.44. The molecule has 16 heavy (non-hydrogen) atoms. The minimum Gasteiger partial charge on any atom is -0.365 e. The molecule has 1 saturated carbocycles. The Kier molecular flexibility index (Phi) is 2.79. The number of pyridine rings is 1. The zero-order chi connectivity index (χ0) is 10.8. The molecule has 1 aliphatic heterocycles. The van der Waals surface area contributed by atoms with Crippen molar-refractivity contribution in [3.63, 3.8) is 0 Å². The summed E-state index contributed by atoms with van der Waals surface area (Å²) in [6.07, 6.45) is 9.10. The highest BCUT2D eigenvalue weighted by atomic mass is 15.2. The van der Waals surface area contributed by atoms with Gasteiger partial charge in [0.15, 0.2) is 0 Å². The fraction of sp³-hybridized carbons (Fsp3) is 0.615. The highest BCUT2D eigenvalue weighted by Gasteiger charge is 2.34. The largest absolute Gasteiger partial charge is 0.365 e. The van der Waals surface area contributed by atoms with Crippen LogP contribution in [0.15, 0.2) is 24.5 Å². The van der Waals surface area contributed by atoms with Gasteiger partial charge in [0.25, 0.3) is 0 Å². The Labute approximate surface area is 96.9 Å². The van der Waals surface area contributed by atoms with Crippen LogP contribution < -0.4 is 10.2 Å². The second kappa shape index (κ2) is 4.42. The molecule has 0 unspecified atom stereocenters. The van der Waals surface area contributed by atoms with E-state index in [1.165, 1.54) is 44.5 Å². The van der Waals surface area contributed by atoms with E-state index in [1.54, 1.807) is 0 Å². The molecule has 3 rings (SSSR count). The lowest BCUT2D eigenvalue weighted by molar-refractivity contribution is 0.427. The van der Waals surface area contributed by atoms with Gasteiger partial charge in [-0.1, -0.05) is 0 Å². The van der Waals surface area contributed by atoms with E-state index in [-0.39, 0.29) is 0 Å². The monoisotopic (exact) mass is 217 g/mol. The summed E-state index contributed by atoms with van der Waals surface area (Å²) < 4.78 is 0. The SMILES string of the molecule is c1cc(N(C2CCNCC2)C2CC2)ccn1. The zero-order valence-electron chi connectivity index (χ0n) is 9.60. The smallest absolute Gasteiger partial charge is 0.0402 e. The Morgan fingerprint density at radius 2 is 1.62 bits per heavy atom. The lowest BCUT2D eigenvalue weighted by Gasteiger charge is -2.36. The molecule has 0 amide bonds. The van der Waals surface area contributed by atoms with Crippen molar-refractivity contribution < 1.29 is 0 Å². The molecule has 86 valence electrons. The van der Waals surface area contributed by atoms with Crippen molar-refractivity contribution in [1.82, 2.24) is 10.3 Å². The quantitative estimate of drug-likeness (QED) is 0.837. The number of hydrogen-bond donors (Lipinski definition) is 1. The Morgan fingerprint density at radius 3 is 2.25 bits per heavy atom. The standard InChI is InChI=1S/C13H19N3/c1-2-11(1)16(12-3-7-14-8-4-12)13-5-9-15-10-6-13/h3-4,7-8,11,13,15H,1-2,5-6,9-10H2. The van der Waals surface area contributed by atoms with Gasteiger partial charge in [-0.25, -0.2) is 0 Å². The summed E-state index contributed by atoms with van der Waals surface area (Å²) in [4.78, 5) is 6.76. The molecule has 1 aromatic rings. The third-order valence-electron chi connectivity index (χ3n) is 3.60. The Bertz CT molecular complexity index is 328. The van der Waals surface area contributed by atoms with Crippen LogP contribution in [-0.4, -0.2) is 30.2 Å². The van der Waals surface area contributed by atoms with Gasteiger partial charge in [-0.15, -0.1) is 0 Å². The van der Waals surface area contributed by atoms with E-state index in [2.05, 4.69) is 27.3 Å². The van der Waals surface area contributed by atoms with Gasteiger partial charge in [0.05, 0.1) is 0 Å². The Balaban J connectivity index is 1.80. The van der Waals surface area contributed by atoms with E-state index in [0.717, 1.165) is 12.1 Å². The third-order valence-corrected chi connectivity index (χ3v) is 3.60. The minimum atomic E-state index is 0.733. The molecule has 1 aromatic heterocycles. The van der Waals surface area contributed by atoms with Crippen molar-refractivity contribution in [3.05, 3.63) is 24.5 Å². The molecule has 3 heteroatoms. The molecular formula is C13H19N3. The third kappa shape index (κ3) is 2.05. The number of nitrogens with zero attached hydrogens (tertiary/aromatic N) is 2. The average Bonchev–Trinajstić information content (AvgIpc) is 3.17. The van der Waals surface area contributed by atoms with Crippen LogP contribution in [0.4, 0.5) is 5.69 Å². The average molecular weight is 217 g/mol. The van der Waals surface area contributed by atoms with Crippen LogP contribution in [0.2, 0.25) is 0 Å². The second-order valence-corrected chi connectivity index (χ2v) is 4.83. The number of aromatic nitrogens is 1. The molecule has 1 aliphatic carbocycles. The van der Waals surface area contributed by atoms with E-state index in [0.29, 0.717) is 0 Å². The first-order valence-electron chi connectivity index (χ1n) is 6.34. The summed E-state index contributed by atoms with van der Waals surface area (Å²) in [6.45, 7) is 2.33. The molecular weight excluding hydrogens is 198 g/mol. The summed E-state index contributed by atoms with van der Waals surface area (Å²) in [5.41, 5.74) is 1.37. The summed E-state index contributed by atoms with van der Waals surface area (Å²) in [6, 6.07) is 5.84. The van der Waals surface area contributed by atoms with Crippen LogP contribution in [0, 0.1) is 0 Å². The molecule has 3 nitrogen and oxygen atoms in total. The number of hydrogen-bond acceptors (Lipinski definition) is 3. The van der Waals surface area contributed by atoms with Crippen LogP contribution in [-0.2, 0) is 0 Å². The van der Waals surface area contributed by atoms with Crippen molar-refractivity contribution in [3.8, 4) is 0 Å². The van der Waals surface area contributed by atoms with Crippen molar-refractivity contribution in [1.29, 1.82) is 0 Å². The van der Waals surface area contributed by atoms with Gasteiger partial charge < -0.3 is 10.2 Å². The Morgan fingerprint density at radius 1 is 1.00 bits per heavy atom. The van der Waals surface area contributed by atoms with Crippen LogP contribution in [0.25, 0.3) is 0 Å². The van der Waals surface area contributed by atoms with Gasteiger partial charge in [0, 0.05) is 30.2 Å². The summed E-state index contributed by atoms with van der Waals surface area (Å²) in [5, 5.41) is 3.44. The first-order valence-corrected chi connectivity index (χ1v) is 6.34. The summed E-state index contributed by atoms with van der Waals surface area (Å²) >= 11 is 0. The molecule has 2 fully saturated rings. The maximum absolute atomic E-state index is 4.11. The highest BCUT2D eigenvalue weighted by molar-refractivity contribution is 5.48. The highest BCUT2D eigenvalue weighted by Crippen LogP contribution is 2.35. The lowest BCUT2D eigenvalue weighted by atomic mass is 10.0. The molecule has 2 heterocycles. The van der Waals surface area contributed by atoms with Crippen LogP contribution in [0.3, 0.4) is 0 Å². The van der Waals surface area contributed by atoms with Gasteiger partial charge in [0.1, 0.15) is 0 Å². The fourth-order valence-electron chi connectivity index (χ4n) is 2.67. The maximum Gasteiger partial charge on any atom is 0.0402 e. The van der Waals surface area contributed by atoms with E-state index >= 15 is 0 Å². The van der Waals surface area contributed by atoms with Crippen molar-refractivity contribution in [2.45, 2.75) is 37.8 Å². The maximum atomic E-state index is 4.11. The van der Waals surface area contributed by atoms with Gasteiger partial charge in [0.2, 0.25) is 0 Å². The molecule has 0 atom stereocenters. The van der Waals surface area contributed by atoms with Gasteiger partial charge >= 0.3 is 0 Å². The molecule has 0 spiro atoms. The fourth-order valence-corrected chi connectivity index (χ4v) is 2.67. The minimum absolute atomic E-state index is 0.733. The zero-order valence-corrected chi connectivity index (χ0v) is 9.60. The predicted molar refractivity (Wildman–Crippen MR) is 65.6 cm³/mol. The Hall–Kier alpha value is -1.09. The van der Waals surface area contributed by atoms with E-state index < -0.39 is 0 Å². The first kappa shape index (κ1) is 10.1. The number of anilines is 1. The number of rotatable bonds is 3. The molecule has 0 aromatic carbocycles. The van der Waals surface area contributed by atoms with E-state index in [9.17, 15) is 0 Å². The number of piperidine rings is 1. The van der Waals surface area contributed by atoms with Crippen LogP contribution in [0.5, 0.6) is 0 Å². The van der Waals surface area contributed by atoms with Crippen molar-refractivity contribution in [2.75, 3.05) is 18.0 Å². The topological polar surface area (TPSA) is 28.2 Å². The molecule has 0 bridgehead atoms. The molecule has 1 N–H and O–H groups in total.